The van der Waals surface area contributed by atoms with Crippen molar-refractivity contribution in [1.82, 2.24) is 0 Å². The minimum absolute atomic E-state index is 0.162. The Balaban J connectivity index is 2.01. The monoisotopic (exact) mass is 360 g/mol. The van der Waals surface area contributed by atoms with Crippen molar-refractivity contribution in [2.45, 2.75) is 45.0 Å². The van der Waals surface area contributed by atoms with Crippen LogP contribution in [0.25, 0.3) is 0 Å². The van der Waals surface area contributed by atoms with E-state index in [0.717, 1.165) is 5.57 Å². The van der Waals surface area contributed by atoms with Gasteiger partial charge in [0.1, 0.15) is 17.8 Å². The molecule has 1 saturated heterocycles. The van der Waals surface area contributed by atoms with E-state index in [1.807, 2.05) is 6.08 Å². The number of carbonyl (C=O) groups is 2. The molecule has 1 heterocycles. The van der Waals surface area contributed by atoms with Gasteiger partial charge in [0.2, 0.25) is 0 Å². The van der Waals surface area contributed by atoms with E-state index in [9.17, 15) is 14.8 Å². The van der Waals surface area contributed by atoms with Gasteiger partial charge in [-0.15, -0.1) is 0 Å². The van der Waals surface area contributed by atoms with E-state index in [2.05, 4.69) is 13.2 Å². The van der Waals surface area contributed by atoms with Crippen molar-refractivity contribution < 1.29 is 29.2 Å². The minimum Gasteiger partial charge on any atom is -0.458 e. The van der Waals surface area contributed by atoms with E-state index in [0.29, 0.717) is 12.0 Å². The first-order chi connectivity index (χ1) is 12.2. The lowest BCUT2D eigenvalue weighted by molar-refractivity contribution is -0.321. The van der Waals surface area contributed by atoms with Crippen LogP contribution in [0.1, 0.15) is 27.2 Å². The molecule has 0 radical (unpaired) electrons. The van der Waals surface area contributed by atoms with Crippen molar-refractivity contribution in [2.75, 3.05) is 0 Å². The first-order valence-corrected chi connectivity index (χ1v) is 8.66. The molecule has 0 bridgehead atoms. The van der Waals surface area contributed by atoms with Gasteiger partial charge in [-0.3, -0.25) is 5.26 Å². The summed E-state index contributed by atoms with van der Waals surface area (Å²) in [6.45, 7) is 13.2. The second-order valence-electron chi connectivity index (χ2n) is 7.38. The zero-order valence-electron chi connectivity index (χ0n) is 15.2. The Morgan fingerprint density at radius 2 is 2.15 bits per heavy atom. The Morgan fingerprint density at radius 3 is 2.77 bits per heavy atom. The Hall–Kier alpha value is -2.18. The third-order valence-corrected chi connectivity index (χ3v) is 5.84. The number of ether oxygens (including phenoxy) is 2. The van der Waals surface area contributed by atoms with Crippen molar-refractivity contribution in [3.05, 3.63) is 48.1 Å². The molecular weight excluding hydrogens is 336 g/mol. The van der Waals surface area contributed by atoms with E-state index in [1.54, 1.807) is 32.9 Å². The molecule has 6 heteroatoms. The van der Waals surface area contributed by atoms with Crippen LogP contribution in [0, 0.1) is 17.8 Å². The molecule has 2 fully saturated rings. The van der Waals surface area contributed by atoms with E-state index in [-0.39, 0.29) is 17.4 Å². The van der Waals surface area contributed by atoms with E-state index >= 15 is 0 Å². The first-order valence-electron chi connectivity index (χ1n) is 8.66. The Kier molecular flexibility index (Phi) is 4.67. The average molecular weight is 360 g/mol. The molecule has 1 saturated carbocycles. The van der Waals surface area contributed by atoms with Crippen LogP contribution in [0.3, 0.4) is 0 Å². The average Bonchev–Trinajstić information content (AvgIpc) is 3.07. The van der Waals surface area contributed by atoms with Gasteiger partial charge in [0.25, 0.3) is 0 Å². The normalized spacial score (nSPS) is 39.3. The van der Waals surface area contributed by atoms with E-state index in [4.69, 9.17) is 14.4 Å². The maximum atomic E-state index is 12.3. The quantitative estimate of drug-likeness (QED) is 0.274. The SMILES string of the molecule is C=C1C(=O)OC2C1[C@@H](OC(=O)/C(C)=C\C)CC(=C)[C@@H]1C=C[C@@](C)(OO)C21. The summed E-state index contributed by atoms with van der Waals surface area (Å²) in [6, 6.07) is 0. The summed E-state index contributed by atoms with van der Waals surface area (Å²) >= 11 is 0. The van der Waals surface area contributed by atoms with Gasteiger partial charge in [0.15, 0.2) is 0 Å². The smallest absolute Gasteiger partial charge is 0.334 e. The predicted octanol–water partition coefficient (Wildman–Crippen LogP) is 2.97. The molecule has 3 rings (SSSR count). The van der Waals surface area contributed by atoms with Crippen LogP contribution in [-0.4, -0.2) is 35.0 Å². The topological polar surface area (TPSA) is 82.1 Å². The number of carbonyl (C=O) groups excluding carboxylic acids is 2. The lowest BCUT2D eigenvalue weighted by atomic mass is 9.76. The molecular formula is C20H24O6. The summed E-state index contributed by atoms with van der Waals surface area (Å²) in [5, 5.41) is 9.47. The van der Waals surface area contributed by atoms with Gasteiger partial charge in [-0.05, 0) is 20.8 Å². The van der Waals surface area contributed by atoms with Gasteiger partial charge in [-0.25, -0.2) is 14.5 Å². The van der Waals surface area contributed by atoms with E-state index in [1.165, 1.54) is 0 Å². The summed E-state index contributed by atoms with van der Waals surface area (Å²) < 4.78 is 11.3. The van der Waals surface area contributed by atoms with Crippen LogP contribution in [0.4, 0.5) is 0 Å². The zero-order valence-corrected chi connectivity index (χ0v) is 15.2. The fraction of sp³-hybridized carbons (Fsp3) is 0.500. The molecule has 0 aromatic carbocycles. The third-order valence-electron chi connectivity index (χ3n) is 5.84. The summed E-state index contributed by atoms with van der Waals surface area (Å²) in [6.07, 6.45) is 4.47. The molecule has 0 spiro atoms. The molecule has 0 aromatic heterocycles. The van der Waals surface area contributed by atoms with Gasteiger partial charge in [0, 0.05) is 29.4 Å². The molecule has 0 aromatic rings. The fourth-order valence-electron chi connectivity index (χ4n) is 4.22. The maximum absolute atomic E-state index is 12.3. The van der Waals surface area contributed by atoms with Gasteiger partial charge in [0.05, 0.1) is 5.92 Å². The largest absolute Gasteiger partial charge is 0.458 e. The number of esters is 2. The molecule has 6 atom stereocenters. The van der Waals surface area contributed by atoms with Crippen molar-refractivity contribution in [3.8, 4) is 0 Å². The van der Waals surface area contributed by atoms with Crippen LogP contribution >= 0.6 is 0 Å². The molecule has 1 N–H and O–H groups in total. The standard InChI is InChI=1S/C20H24O6/c1-6-10(2)18(21)24-14-9-11(3)13-7-8-20(5,26-23)16(13)17-15(14)12(4)19(22)25-17/h6-8,13-17,23H,3-4,9H2,1-2,5H3/b10-6-/t13-,14-,15?,16?,17?,20+/m0/s1. The number of hydrogen-bond donors (Lipinski definition) is 1. The molecule has 3 aliphatic rings. The molecule has 26 heavy (non-hydrogen) atoms. The fourth-order valence-corrected chi connectivity index (χ4v) is 4.22. The van der Waals surface area contributed by atoms with Gasteiger partial charge >= 0.3 is 11.9 Å². The zero-order chi connectivity index (χ0) is 19.2. The predicted molar refractivity (Wildman–Crippen MR) is 93.8 cm³/mol. The van der Waals surface area contributed by atoms with Crippen LogP contribution in [-0.2, 0) is 24.0 Å². The molecule has 140 valence electrons. The maximum Gasteiger partial charge on any atom is 0.334 e. The van der Waals surface area contributed by atoms with Crippen LogP contribution in [0.5, 0.6) is 0 Å². The molecule has 2 aliphatic carbocycles. The molecule has 3 unspecified atom stereocenters. The molecule has 6 nitrogen and oxygen atoms in total. The summed E-state index contributed by atoms with van der Waals surface area (Å²) in [7, 11) is 0. The van der Waals surface area contributed by atoms with Gasteiger partial charge in [-0.1, -0.05) is 37.0 Å². The minimum atomic E-state index is -1.03. The van der Waals surface area contributed by atoms with Gasteiger partial charge < -0.3 is 9.47 Å². The van der Waals surface area contributed by atoms with Crippen molar-refractivity contribution in [1.29, 1.82) is 0 Å². The van der Waals surface area contributed by atoms with Crippen molar-refractivity contribution in [3.63, 3.8) is 0 Å². The highest BCUT2D eigenvalue weighted by molar-refractivity contribution is 5.91. The lowest BCUT2D eigenvalue weighted by Crippen LogP contribution is -2.45. The van der Waals surface area contributed by atoms with Crippen molar-refractivity contribution >= 4 is 11.9 Å². The number of fused-ring (bicyclic) bond motifs is 3. The van der Waals surface area contributed by atoms with Crippen molar-refractivity contribution in [2.24, 2.45) is 17.8 Å². The Bertz CT molecular complexity index is 733. The highest BCUT2D eigenvalue weighted by atomic mass is 17.1. The molecule has 0 amide bonds. The second-order valence-corrected chi connectivity index (χ2v) is 7.38. The first kappa shape index (κ1) is 18.6. The summed E-state index contributed by atoms with van der Waals surface area (Å²) in [5.41, 5.74) is 0.559. The van der Waals surface area contributed by atoms with Crippen LogP contribution in [0.15, 0.2) is 48.1 Å². The Labute approximate surface area is 152 Å². The summed E-state index contributed by atoms with van der Waals surface area (Å²) in [5.74, 6) is -2.01. The Morgan fingerprint density at radius 1 is 1.46 bits per heavy atom. The highest BCUT2D eigenvalue weighted by Gasteiger charge is 2.59. The number of rotatable bonds is 3. The number of hydrogen-bond acceptors (Lipinski definition) is 6. The molecule has 1 aliphatic heterocycles. The lowest BCUT2D eigenvalue weighted by Gasteiger charge is -2.35. The van der Waals surface area contributed by atoms with Crippen LogP contribution in [0.2, 0.25) is 0 Å². The van der Waals surface area contributed by atoms with Gasteiger partial charge in [-0.2, -0.15) is 0 Å². The van der Waals surface area contributed by atoms with E-state index < -0.39 is 35.7 Å². The number of allylic oxidation sites excluding steroid dienone is 2. The van der Waals surface area contributed by atoms with Crippen LogP contribution < -0.4 is 0 Å². The third kappa shape index (κ3) is 2.73. The highest BCUT2D eigenvalue weighted by Crippen LogP contribution is 2.52. The summed E-state index contributed by atoms with van der Waals surface area (Å²) in [4.78, 5) is 29.3. The second kappa shape index (κ2) is 6.52.